The van der Waals surface area contributed by atoms with Crippen LogP contribution >= 0.6 is 0 Å². The average Bonchev–Trinajstić information content (AvgIpc) is 2.35. The molecule has 0 radical (unpaired) electrons. The topological polar surface area (TPSA) is 20.3 Å². The second kappa shape index (κ2) is 5.45. The zero-order valence-corrected chi connectivity index (χ0v) is 12.2. The first kappa shape index (κ1) is 14.3. The number of aryl methyl sites for hydroxylation is 2. The summed E-state index contributed by atoms with van der Waals surface area (Å²) >= 11 is 0. The molecule has 0 spiro atoms. The Labute approximate surface area is 118 Å². The Balaban J connectivity index is 2.56. The Hall–Kier alpha value is -2.16. The number of hydrogen-bond acceptors (Lipinski definition) is 2. The van der Waals surface area contributed by atoms with Crippen molar-refractivity contribution in [3.05, 3.63) is 58.9 Å². The van der Waals surface area contributed by atoms with Crippen molar-refractivity contribution in [1.82, 2.24) is 0 Å². The van der Waals surface area contributed by atoms with E-state index in [4.69, 9.17) is 0 Å². The summed E-state index contributed by atoms with van der Waals surface area (Å²) in [6.07, 6.45) is 0. The third-order valence-electron chi connectivity index (χ3n) is 3.30. The number of benzene rings is 2. The number of carbonyl (C=O) groups excluding carboxylic acids is 1. The van der Waals surface area contributed by atoms with Crippen molar-refractivity contribution in [3.63, 3.8) is 0 Å². The van der Waals surface area contributed by atoms with Gasteiger partial charge in [0, 0.05) is 12.7 Å². The molecule has 0 atom stereocenters. The molecule has 0 unspecified atom stereocenters. The first-order valence-electron chi connectivity index (χ1n) is 6.51. The second-order valence-corrected chi connectivity index (χ2v) is 5.10. The normalized spacial score (nSPS) is 10.4. The van der Waals surface area contributed by atoms with E-state index in [1.807, 2.05) is 37.9 Å². The summed E-state index contributed by atoms with van der Waals surface area (Å²) in [6, 6.07) is 10.8. The number of ketones is 1. The lowest BCUT2D eigenvalue weighted by Gasteiger charge is -2.23. The summed E-state index contributed by atoms with van der Waals surface area (Å²) in [5.41, 5.74) is 3.92. The summed E-state index contributed by atoms with van der Waals surface area (Å²) in [4.78, 5) is 13.5. The molecule has 3 heteroatoms. The standard InChI is InChI=1S/C17H18FNO/c1-11-8-12(2)10-14(9-11)19(4)16-7-5-6-15(18)17(16)13(3)20/h5-10H,1-4H3. The number of nitrogens with zero attached hydrogens (tertiary/aromatic N) is 1. The van der Waals surface area contributed by atoms with Crippen LogP contribution in [0.15, 0.2) is 36.4 Å². The Bertz CT molecular complexity index is 644. The fourth-order valence-corrected chi connectivity index (χ4v) is 2.42. The number of Topliss-reactive ketones (excluding diaryl/α,β-unsaturated/α-hetero) is 1. The number of halogens is 1. The molecule has 0 N–H and O–H groups in total. The minimum absolute atomic E-state index is 0.133. The third kappa shape index (κ3) is 2.72. The van der Waals surface area contributed by atoms with Crippen LogP contribution in [0.25, 0.3) is 0 Å². The predicted octanol–water partition coefficient (Wildman–Crippen LogP) is 4.41. The van der Waals surface area contributed by atoms with Crippen molar-refractivity contribution in [2.24, 2.45) is 0 Å². The van der Waals surface area contributed by atoms with Gasteiger partial charge in [0.2, 0.25) is 0 Å². The maximum atomic E-state index is 13.9. The molecule has 0 bridgehead atoms. The van der Waals surface area contributed by atoms with Gasteiger partial charge in [0.05, 0.1) is 11.3 Å². The Kier molecular flexibility index (Phi) is 3.89. The van der Waals surface area contributed by atoms with E-state index in [0.717, 1.165) is 16.8 Å². The van der Waals surface area contributed by atoms with Gasteiger partial charge in [0.25, 0.3) is 0 Å². The molecule has 0 aliphatic carbocycles. The summed E-state index contributed by atoms with van der Waals surface area (Å²) in [7, 11) is 1.84. The molecule has 0 amide bonds. The van der Waals surface area contributed by atoms with Gasteiger partial charge in [0.15, 0.2) is 5.78 Å². The van der Waals surface area contributed by atoms with E-state index >= 15 is 0 Å². The van der Waals surface area contributed by atoms with Crippen LogP contribution in [0.1, 0.15) is 28.4 Å². The molecule has 0 heterocycles. The predicted molar refractivity (Wildman–Crippen MR) is 80.4 cm³/mol. The van der Waals surface area contributed by atoms with E-state index in [0.29, 0.717) is 5.69 Å². The number of rotatable bonds is 3. The zero-order valence-electron chi connectivity index (χ0n) is 12.2. The van der Waals surface area contributed by atoms with Gasteiger partial charge in [-0.3, -0.25) is 4.79 Å². The summed E-state index contributed by atoms with van der Waals surface area (Å²) < 4.78 is 13.9. The van der Waals surface area contributed by atoms with Gasteiger partial charge in [-0.05, 0) is 56.2 Å². The molecular formula is C17H18FNO. The van der Waals surface area contributed by atoms with E-state index in [-0.39, 0.29) is 11.3 Å². The molecule has 0 aliphatic rings. The van der Waals surface area contributed by atoms with Crippen LogP contribution in [0.5, 0.6) is 0 Å². The summed E-state index contributed by atoms with van der Waals surface area (Å²) in [5, 5.41) is 0. The van der Waals surface area contributed by atoms with Crippen LogP contribution in [0.3, 0.4) is 0 Å². The quantitative estimate of drug-likeness (QED) is 0.770. The van der Waals surface area contributed by atoms with Crippen LogP contribution in [-0.4, -0.2) is 12.8 Å². The van der Waals surface area contributed by atoms with Gasteiger partial charge in [-0.15, -0.1) is 0 Å². The number of hydrogen-bond donors (Lipinski definition) is 0. The molecule has 0 saturated carbocycles. The Morgan fingerprint density at radius 2 is 1.70 bits per heavy atom. The molecule has 0 aromatic heterocycles. The highest BCUT2D eigenvalue weighted by Crippen LogP contribution is 2.30. The highest BCUT2D eigenvalue weighted by Gasteiger charge is 2.17. The van der Waals surface area contributed by atoms with E-state index in [9.17, 15) is 9.18 Å². The lowest BCUT2D eigenvalue weighted by Crippen LogP contribution is -2.14. The lowest BCUT2D eigenvalue weighted by molar-refractivity contribution is 0.101. The summed E-state index contributed by atoms with van der Waals surface area (Å²) in [6.45, 7) is 5.42. The Morgan fingerprint density at radius 1 is 1.10 bits per heavy atom. The van der Waals surface area contributed by atoms with Crippen molar-refractivity contribution >= 4 is 17.2 Å². The first-order chi connectivity index (χ1) is 9.40. The molecule has 2 rings (SSSR count). The summed E-state index contributed by atoms with van der Waals surface area (Å²) in [5.74, 6) is -0.749. The van der Waals surface area contributed by atoms with Crippen molar-refractivity contribution in [3.8, 4) is 0 Å². The lowest BCUT2D eigenvalue weighted by atomic mass is 10.1. The van der Waals surface area contributed by atoms with E-state index in [1.165, 1.54) is 13.0 Å². The van der Waals surface area contributed by atoms with Gasteiger partial charge in [-0.2, -0.15) is 0 Å². The average molecular weight is 271 g/mol. The fraction of sp³-hybridized carbons (Fsp3) is 0.235. The van der Waals surface area contributed by atoms with Gasteiger partial charge in [-0.25, -0.2) is 4.39 Å². The molecular weight excluding hydrogens is 253 g/mol. The molecule has 2 nitrogen and oxygen atoms in total. The molecule has 20 heavy (non-hydrogen) atoms. The van der Waals surface area contributed by atoms with E-state index in [1.54, 1.807) is 12.1 Å². The van der Waals surface area contributed by atoms with Crippen LogP contribution in [0.2, 0.25) is 0 Å². The minimum Gasteiger partial charge on any atom is -0.344 e. The van der Waals surface area contributed by atoms with Gasteiger partial charge < -0.3 is 4.90 Å². The van der Waals surface area contributed by atoms with E-state index in [2.05, 4.69) is 6.07 Å². The maximum Gasteiger partial charge on any atom is 0.164 e. The van der Waals surface area contributed by atoms with Crippen LogP contribution < -0.4 is 4.90 Å². The highest BCUT2D eigenvalue weighted by atomic mass is 19.1. The molecule has 0 aliphatic heterocycles. The van der Waals surface area contributed by atoms with Gasteiger partial charge in [-0.1, -0.05) is 12.1 Å². The smallest absolute Gasteiger partial charge is 0.164 e. The van der Waals surface area contributed by atoms with Crippen molar-refractivity contribution in [2.75, 3.05) is 11.9 Å². The minimum atomic E-state index is -0.480. The first-order valence-corrected chi connectivity index (χ1v) is 6.51. The van der Waals surface area contributed by atoms with E-state index < -0.39 is 5.82 Å². The van der Waals surface area contributed by atoms with Gasteiger partial charge in [0.1, 0.15) is 5.82 Å². The third-order valence-corrected chi connectivity index (χ3v) is 3.30. The van der Waals surface area contributed by atoms with Crippen LogP contribution in [-0.2, 0) is 0 Å². The van der Waals surface area contributed by atoms with Crippen molar-refractivity contribution in [2.45, 2.75) is 20.8 Å². The number of carbonyl (C=O) groups is 1. The fourth-order valence-electron chi connectivity index (χ4n) is 2.42. The molecule has 104 valence electrons. The van der Waals surface area contributed by atoms with Crippen molar-refractivity contribution in [1.29, 1.82) is 0 Å². The molecule has 0 saturated heterocycles. The highest BCUT2D eigenvalue weighted by molar-refractivity contribution is 6.00. The zero-order chi connectivity index (χ0) is 14.9. The molecule has 0 fully saturated rings. The second-order valence-electron chi connectivity index (χ2n) is 5.10. The Morgan fingerprint density at radius 3 is 2.25 bits per heavy atom. The molecule has 2 aromatic rings. The molecule has 2 aromatic carbocycles. The largest absolute Gasteiger partial charge is 0.344 e. The van der Waals surface area contributed by atoms with Crippen LogP contribution in [0.4, 0.5) is 15.8 Å². The maximum absolute atomic E-state index is 13.9. The number of anilines is 2. The van der Waals surface area contributed by atoms with Crippen LogP contribution in [0, 0.1) is 19.7 Å². The van der Waals surface area contributed by atoms with Crippen molar-refractivity contribution < 1.29 is 9.18 Å². The van der Waals surface area contributed by atoms with Gasteiger partial charge >= 0.3 is 0 Å². The monoisotopic (exact) mass is 271 g/mol. The SMILES string of the molecule is CC(=O)c1c(F)cccc1N(C)c1cc(C)cc(C)c1.